The predicted octanol–water partition coefficient (Wildman–Crippen LogP) is 4.32. The maximum atomic E-state index is 9.99. The lowest BCUT2D eigenvalue weighted by Crippen LogP contribution is -2.36. The van der Waals surface area contributed by atoms with Crippen molar-refractivity contribution in [2.75, 3.05) is 0 Å². The molecule has 0 radical (unpaired) electrons. The van der Waals surface area contributed by atoms with Crippen molar-refractivity contribution in [3.8, 4) is 5.75 Å². The van der Waals surface area contributed by atoms with Gasteiger partial charge < -0.3 is 10.4 Å². The summed E-state index contributed by atoms with van der Waals surface area (Å²) in [5.41, 5.74) is 2.22. The zero-order valence-corrected chi connectivity index (χ0v) is 12.4. The first kappa shape index (κ1) is 14.4. The number of hydrogen-bond donors (Lipinski definition) is 2. The Morgan fingerprint density at radius 3 is 2.53 bits per heavy atom. The topological polar surface area (TPSA) is 32.3 Å². The van der Waals surface area contributed by atoms with E-state index >= 15 is 0 Å². The molecule has 1 aromatic rings. The van der Waals surface area contributed by atoms with E-state index in [1.54, 1.807) is 6.07 Å². The molecule has 1 fully saturated rings. The molecule has 0 spiro atoms. The second-order valence-electron chi connectivity index (χ2n) is 6.14. The highest BCUT2D eigenvalue weighted by atomic mass is 16.3. The van der Waals surface area contributed by atoms with Crippen LogP contribution in [0.2, 0.25) is 0 Å². The molecule has 2 N–H and O–H groups in total. The first-order chi connectivity index (χ1) is 9.08. The summed E-state index contributed by atoms with van der Waals surface area (Å²) in [4.78, 5) is 0. The van der Waals surface area contributed by atoms with Crippen LogP contribution in [0, 0.1) is 12.8 Å². The molecule has 0 aliphatic heterocycles. The Morgan fingerprint density at radius 2 is 1.84 bits per heavy atom. The number of rotatable bonds is 4. The van der Waals surface area contributed by atoms with Gasteiger partial charge in [-0.05, 0) is 45.6 Å². The van der Waals surface area contributed by atoms with Crippen LogP contribution in [0.4, 0.5) is 0 Å². The zero-order chi connectivity index (χ0) is 13.8. The fraction of sp³-hybridized carbons (Fsp3) is 0.647. The summed E-state index contributed by atoms with van der Waals surface area (Å²) in [6, 6.07) is 6.57. The van der Waals surface area contributed by atoms with Crippen molar-refractivity contribution in [1.29, 1.82) is 0 Å². The van der Waals surface area contributed by atoms with Crippen LogP contribution < -0.4 is 5.32 Å². The standard InChI is InChI=1S/C17H27NO/c1-12-9-10-17(19)16(11-12)14(3)18-13(2)15-7-5-4-6-8-15/h9-11,13-15,18-19H,4-8H2,1-3H3. The van der Waals surface area contributed by atoms with Gasteiger partial charge in [0.25, 0.3) is 0 Å². The lowest BCUT2D eigenvalue weighted by Gasteiger charge is -2.31. The summed E-state index contributed by atoms with van der Waals surface area (Å²) in [5, 5.41) is 13.7. The maximum absolute atomic E-state index is 9.99. The average Bonchev–Trinajstić information content (AvgIpc) is 2.42. The minimum absolute atomic E-state index is 0.205. The fourth-order valence-corrected chi connectivity index (χ4v) is 3.28. The minimum Gasteiger partial charge on any atom is -0.508 e. The van der Waals surface area contributed by atoms with Crippen LogP contribution in [0.1, 0.15) is 63.1 Å². The van der Waals surface area contributed by atoms with Gasteiger partial charge in [-0.2, -0.15) is 0 Å². The highest BCUT2D eigenvalue weighted by Gasteiger charge is 2.22. The molecule has 1 aliphatic rings. The van der Waals surface area contributed by atoms with Gasteiger partial charge in [-0.1, -0.05) is 37.0 Å². The summed E-state index contributed by atoms with van der Waals surface area (Å²) in [7, 11) is 0. The van der Waals surface area contributed by atoms with E-state index in [-0.39, 0.29) is 6.04 Å². The largest absolute Gasteiger partial charge is 0.508 e. The minimum atomic E-state index is 0.205. The molecule has 1 saturated carbocycles. The number of phenolic OH excluding ortho intramolecular Hbond substituents is 1. The summed E-state index contributed by atoms with van der Waals surface area (Å²) in [6.45, 7) is 6.51. The normalized spacial score (nSPS) is 20.2. The van der Waals surface area contributed by atoms with E-state index in [2.05, 4.69) is 32.2 Å². The summed E-state index contributed by atoms with van der Waals surface area (Å²) in [6.07, 6.45) is 6.85. The predicted molar refractivity (Wildman–Crippen MR) is 80.4 cm³/mol. The van der Waals surface area contributed by atoms with Crippen molar-refractivity contribution in [3.05, 3.63) is 29.3 Å². The van der Waals surface area contributed by atoms with E-state index in [0.29, 0.717) is 11.8 Å². The van der Waals surface area contributed by atoms with Gasteiger partial charge in [0.15, 0.2) is 0 Å². The molecule has 0 saturated heterocycles. The number of aromatic hydroxyl groups is 1. The van der Waals surface area contributed by atoms with E-state index < -0.39 is 0 Å². The molecule has 0 heterocycles. The van der Waals surface area contributed by atoms with Crippen molar-refractivity contribution in [2.45, 2.75) is 65.0 Å². The molecule has 2 nitrogen and oxygen atoms in total. The molecule has 0 bridgehead atoms. The molecule has 0 aromatic heterocycles. The number of aryl methyl sites for hydroxylation is 1. The number of phenols is 1. The third kappa shape index (κ3) is 3.73. The van der Waals surface area contributed by atoms with E-state index in [1.165, 1.54) is 37.7 Å². The highest BCUT2D eigenvalue weighted by molar-refractivity contribution is 5.37. The third-order valence-corrected chi connectivity index (χ3v) is 4.52. The fourth-order valence-electron chi connectivity index (χ4n) is 3.28. The number of hydrogen-bond acceptors (Lipinski definition) is 2. The van der Waals surface area contributed by atoms with Gasteiger partial charge in [-0.3, -0.25) is 0 Å². The molecule has 2 rings (SSSR count). The van der Waals surface area contributed by atoms with Crippen molar-refractivity contribution >= 4 is 0 Å². The quantitative estimate of drug-likeness (QED) is 0.846. The van der Waals surface area contributed by atoms with Gasteiger partial charge in [0.2, 0.25) is 0 Å². The Morgan fingerprint density at radius 1 is 1.16 bits per heavy atom. The van der Waals surface area contributed by atoms with Gasteiger partial charge >= 0.3 is 0 Å². The van der Waals surface area contributed by atoms with Crippen molar-refractivity contribution < 1.29 is 5.11 Å². The van der Waals surface area contributed by atoms with E-state index in [1.807, 2.05) is 6.07 Å². The lowest BCUT2D eigenvalue weighted by molar-refractivity contribution is 0.267. The van der Waals surface area contributed by atoms with Gasteiger partial charge in [0.1, 0.15) is 5.75 Å². The first-order valence-electron chi connectivity index (χ1n) is 7.63. The molecule has 1 aliphatic carbocycles. The van der Waals surface area contributed by atoms with Crippen LogP contribution in [0.15, 0.2) is 18.2 Å². The molecule has 2 unspecified atom stereocenters. The molecule has 106 valence electrons. The summed E-state index contributed by atoms with van der Waals surface area (Å²) >= 11 is 0. The summed E-state index contributed by atoms with van der Waals surface area (Å²) < 4.78 is 0. The monoisotopic (exact) mass is 261 g/mol. The van der Waals surface area contributed by atoms with Crippen LogP contribution in [0.25, 0.3) is 0 Å². The van der Waals surface area contributed by atoms with E-state index in [9.17, 15) is 5.11 Å². The second kappa shape index (κ2) is 6.42. The Balaban J connectivity index is 1.99. The SMILES string of the molecule is Cc1ccc(O)c(C(C)NC(C)C2CCCCC2)c1. The van der Waals surface area contributed by atoms with Crippen LogP contribution in [-0.2, 0) is 0 Å². The lowest BCUT2D eigenvalue weighted by atomic mass is 9.84. The number of nitrogens with one attached hydrogen (secondary N) is 1. The van der Waals surface area contributed by atoms with Gasteiger partial charge in [0.05, 0.1) is 0 Å². The second-order valence-corrected chi connectivity index (χ2v) is 6.14. The highest BCUT2D eigenvalue weighted by Crippen LogP contribution is 2.29. The molecular formula is C17H27NO. The average molecular weight is 261 g/mol. The van der Waals surface area contributed by atoms with Crippen LogP contribution >= 0.6 is 0 Å². The Hall–Kier alpha value is -1.02. The third-order valence-electron chi connectivity index (χ3n) is 4.52. The van der Waals surface area contributed by atoms with E-state index in [0.717, 1.165) is 11.5 Å². The van der Waals surface area contributed by atoms with Crippen LogP contribution in [0.5, 0.6) is 5.75 Å². The smallest absolute Gasteiger partial charge is 0.120 e. The van der Waals surface area contributed by atoms with Crippen molar-refractivity contribution in [3.63, 3.8) is 0 Å². The van der Waals surface area contributed by atoms with Gasteiger partial charge in [-0.15, -0.1) is 0 Å². The van der Waals surface area contributed by atoms with Gasteiger partial charge in [-0.25, -0.2) is 0 Å². The first-order valence-corrected chi connectivity index (χ1v) is 7.63. The Bertz CT molecular complexity index is 410. The number of benzene rings is 1. The molecule has 2 heteroatoms. The zero-order valence-electron chi connectivity index (χ0n) is 12.4. The van der Waals surface area contributed by atoms with Gasteiger partial charge in [0, 0.05) is 17.6 Å². The Kier molecular flexibility index (Phi) is 4.87. The maximum Gasteiger partial charge on any atom is 0.120 e. The van der Waals surface area contributed by atoms with Crippen LogP contribution in [0.3, 0.4) is 0 Å². The van der Waals surface area contributed by atoms with Crippen molar-refractivity contribution in [2.24, 2.45) is 5.92 Å². The molecule has 0 amide bonds. The van der Waals surface area contributed by atoms with E-state index in [4.69, 9.17) is 0 Å². The van der Waals surface area contributed by atoms with Crippen LogP contribution in [-0.4, -0.2) is 11.1 Å². The van der Waals surface area contributed by atoms with Crippen molar-refractivity contribution in [1.82, 2.24) is 5.32 Å². The molecule has 19 heavy (non-hydrogen) atoms. The molecular weight excluding hydrogens is 234 g/mol. The molecule has 2 atom stereocenters. The Labute approximate surface area is 117 Å². The summed E-state index contributed by atoms with van der Waals surface area (Å²) in [5.74, 6) is 1.20. The molecule has 1 aromatic carbocycles.